The molecule has 0 radical (unpaired) electrons. The Morgan fingerprint density at radius 1 is 1.42 bits per heavy atom. The fourth-order valence-electron chi connectivity index (χ4n) is 3.45. The van der Waals surface area contributed by atoms with E-state index in [1.54, 1.807) is 10.7 Å². The third kappa shape index (κ3) is 2.28. The van der Waals surface area contributed by atoms with Crippen molar-refractivity contribution in [3.8, 4) is 0 Å². The second-order valence-corrected chi connectivity index (χ2v) is 6.72. The van der Waals surface area contributed by atoms with Crippen LogP contribution in [0.25, 0.3) is 5.65 Å². The van der Waals surface area contributed by atoms with Crippen molar-refractivity contribution >= 4 is 17.4 Å². The Bertz CT molecular complexity index is 922. The largest absolute Gasteiger partial charge is 0.311 e. The Hall–Kier alpha value is -2.70. The highest BCUT2D eigenvalue weighted by atomic mass is 16.1. The van der Waals surface area contributed by atoms with E-state index >= 15 is 0 Å². The van der Waals surface area contributed by atoms with Crippen LogP contribution >= 0.6 is 0 Å². The lowest BCUT2D eigenvalue weighted by Gasteiger charge is -2.23. The van der Waals surface area contributed by atoms with Gasteiger partial charge in [-0.3, -0.25) is 4.79 Å². The maximum absolute atomic E-state index is 12.3. The lowest BCUT2D eigenvalue weighted by molar-refractivity contribution is -0.116. The van der Waals surface area contributed by atoms with Crippen molar-refractivity contribution < 1.29 is 4.79 Å². The van der Waals surface area contributed by atoms with Crippen molar-refractivity contribution in [2.45, 2.75) is 39.7 Å². The van der Waals surface area contributed by atoms with Crippen molar-refractivity contribution in [3.05, 3.63) is 41.5 Å². The van der Waals surface area contributed by atoms with Crippen LogP contribution in [0.3, 0.4) is 0 Å². The van der Waals surface area contributed by atoms with Gasteiger partial charge in [0.05, 0.1) is 11.9 Å². The molecule has 0 spiro atoms. The standard InChI is InChI=1S/C17H20N6O/c1-10(2)9-23-17-15(11(3)21-23)12(7-14(24)20-17)13-8-19-22-6-4-5-18-16(13)22/h4-6,8,10,12H,7,9H2,1-3H3,(H,20,24)/t12-/m0/s1. The first-order chi connectivity index (χ1) is 11.5. The van der Waals surface area contributed by atoms with Gasteiger partial charge in [0.25, 0.3) is 0 Å². The molecule has 1 atom stereocenters. The molecule has 0 saturated heterocycles. The minimum atomic E-state index is -0.0675. The molecule has 4 rings (SSSR count). The molecule has 0 bridgehead atoms. The maximum atomic E-state index is 12.3. The molecule has 1 aliphatic rings. The quantitative estimate of drug-likeness (QED) is 0.802. The fourth-order valence-corrected chi connectivity index (χ4v) is 3.45. The number of anilines is 1. The van der Waals surface area contributed by atoms with Gasteiger partial charge in [0.1, 0.15) is 5.82 Å². The van der Waals surface area contributed by atoms with Gasteiger partial charge in [-0.2, -0.15) is 10.2 Å². The minimum absolute atomic E-state index is 0.00712. The van der Waals surface area contributed by atoms with Crippen LogP contribution in [-0.2, 0) is 11.3 Å². The summed E-state index contributed by atoms with van der Waals surface area (Å²) in [5, 5.41) is 12.0. The number of hydrogen-bond donors (Lipinski definition) is 1. The smallest absolute Gasteiger partial charge is 0.226 e. The van der Waals surface area contributed by atoms with Crippen LogP contribution in [0, 0.1) is 12.8 Å². The highest BCUT2D eigenvalue weighted by Gasteiger charge is 2.34. The van der Waals surface area contributed by atoms with Gasteiger partial charge in [-0.05, 0) is 18.9 Å². The molecule has 3 aromatic heterocycles. The van der Waals surface area contributed by atoms with Crippen LogP contribution in [0.1, 0.15) is 43.0 Å². The molecular formula is C17H20N6O. The van der Waals surface area contributed by atoms with E-state index in [0.717, 1.165) is 34.8 Å². The molecule has 1 amide bonds. The topological polar surface area (TPSA) is 77.1 Å². The van der Waals surface area contributed by atoms with Crippen LogP contribution in [0.4, 0.5) is 5.82 Å². The monoisotopic (exact) mass is 324 g/mol. The number of nitrogens with zero attached hydrogens (tertiary/aromatic N) is 5. The Balaban J connectivity index is 1.87. The Kier molecular flexibility index (Phi) is 3.37. The number of nitrogens with one attached hydrogen (secondary N) is 1. The molecule has 124 valence electrons. The molecule has 1 N–H and O–H groups in total. The molecule has 7 heteroatoms. The summed E-state index contributed by atoms with van der Waals surface area (Å²) in [4.78, 5) is 16.8. The van der Waals surface area contributed by atoms with Gasteiger partial charge in [-0.25, -0.2) is 14.2 Å². The number of aryl methyl sites for hydroxylation is 1. The minimum Gasteiger partial charge on any atom is -0.311 e. The molecule has 0 unspecified atom stereocenters. The molecule has 1 aliphatic heterocycles. The van der Waals surface area contributed by atoms with E-state index < -0.39 is 0 Å². The van der Waals surface area contributed by atoms with E-state index in [2.05, 4.69) is 34.3 Å². The van der Waals surface area contributed by atoms with Crippen LogP contribution in [-0.4, -0.2) is 30.3 Å². The van der Waals surface area contributed by atoms with E-state index in [9.17, 15) is 4.79 Å². The summed E-state index contributed by atoms with van der Waals surface area (Å²) >= 11 is 0. The third-order valence-corrected chi connectivity index (χ3v) is 4.39. The van der Waals surface area contributed by atoms with Gasteiger partial charge in [0.15, 0.2) is 5.65 Å². The predicted octanol–water partition coefficient (Wildman–Crippen LogP) is 2.36. The molecule has 0 aromatic carbocycles. The summed E-state index contributed by atoms with van der Waals surface area (Å²) in [7, 11) is 0. The first-order valence-corrected chi connectivity index (χ1v) is 8.20. The van der Waals surface area contributed by atoms with Crippen molar-refractivity contribution in [1.82, 2.24) is 24.4 Å². The maximum Gasteiger partial charge on any atom is 0.226 e. The zero-order valence-electron chi connectivity index (χ0n) is 14.0. The Labute approximate surface area is 139 Å². The van der Waals surface area contributed by atoms with E-state index in [1.807, 2.05) is 30.1 Å². The Morgan fingerprint density at radius 3 is 3.04 bits per heavy atom. The van der Waals surface area contributed by atoms with Crippen molar-refractivity contribution in [3.63, 3.8) is 0 Å². The number of hydrogen-bond acceptors (Lipinski definition) is 4. The SMILES string of the molecule is Cc1nn(CC(C)C)c2c1[C@H](c1cnn3cccnc13)CC(=O)N2. The summed E-state index contributed by atoms with van der Waals surface area (Å²) in [5.74, 6) is 1.21. The molecule has 3 aromatic rings. The van der Waals surface area contributed by atoms with E-state index in [1.165, 1.54) is 0 Å². The summed E-state index contributed by atoms with van der Waals surface area (Å²) < 4.78 is 3.66. The van der Waals surface area contributed by atoms with E-state index in [-0.39, 0.29) is 11.8 Å². The second-order valence-electron chi connectivity index (χ2n) is 6.72. The zero-order chi connectivity index (χ0) is 16.8. The lowest BCUT2D eigenvalue weighted by atomic mass is 9.87. The molecule has 24 heavy (non-hydrogen) atoms. The van der Waals surface area contributed by atoms with E-state index in [4.69, 9.17) is 0 Å². The fraction of sp³-hybridized carbons (Fsp3) is 0.412. The molecule has 0 saturated carbocycles. The highest BCUT2D eigenvalue weighted by molar-refractivity contribution is 5.95. The molecule has 4 heterocycles. The van der Waals surface area contributed by atoms with Gasteiger partial charge >= 0.3 is 0 Å². The number of rotatable bonds is 3. The molecule has 7 nitrogen and oxygen atoms in total. The van der Waals surface area contributed by atoms with E-state index in [0.29, 0.717) is 12.3 Å². The average molecular weight is 324 g/mol. The molecule has 0 aliphatic carbocycles. The highest BCUT2D eigenvalue weighted by Crippen LogP contribution is 2.40. The summed E-state index contributed by atoms with van der Waals surface area (Å²) in [6, 6.07) is 1.84. The number of amides is 1. The Morgan fingerprint density at radius 2 is 2.25 bits per heavy atom. The third-order valence-electron chi connectivity index (χ3n) is 4.39. The van der Waals surface area contributed by atoms with Gasteiger partial charge in [-0.1, -0.05) is 13.8 Å². The van der Waals surface area contributed by atoms with Crippen LogP contribution in [0.15, 0.2) is 24.7 Å². The first-order valence-electron chi connectivity index (χ1n) is 8.20. The van der Waals surface area contributed by atoms with Crippen molar-refractivity contribution in [1.29, 1.82) is 0 Å². The molecule has 0 fully saturated rings. The number of aromatic nitrogens is 5. The number of carbonyl (C=O) groups excluding carboxylic acids is 1. The van der Waals surface area contributed by atoms with Crippen LogP contribution in [0.5, 0.6) is 0 Å². The summed E-state index contributed by atoms with van der Waals surface area (Å²) in [6.45, 7) is 7.05. The van der Waals surface area contributed by atoms with Crippen molar-refractivity contribution in [2.75, 3.05) is 5.32 Å². The number of fused-ring (bicyclic) bond motifs is 2. The van der Waals surface area contributed by atoms with Crippen molar-refractivity contribution in [2.24, 2.45) is 5.92 Å². The summed E-state index contributed by atoms with van der Waals surface area (Å²) in [6.07, 6.45) is 5.82. The van der Waals surface area contributed by atoms with Crippen LogP contribution < -0.4 is 5.32 Å². The molecular weight excluding hydrogens is 304 g/mol. The van der Waals surface area contributed by atoms with Gasteiger partial charge in [-0.15, -0.1) is 0 Å². The zero-order valence-corrected chi connectivity index (χ0v) is 14.0. The first kappa shape index (κ1) is 14.9. The second kappa shape index (κ2) is 5.43. The van der Waals surface area contributed by atoms with Gasteiger partial charge < -0.3 is 5.32 Å². The average Bonchev–Trinajstić information content (AvgIpc) is 3.08. The van der Waals surface area contributed by atoms with Gasteiger partial charge in [0, 0.05) is 42.4 Å². The summed E-state index contributed by atoms with van der Waals surface area (Å²) in [5.41, 5.74) is 3.79. The van der Waals surface area contributed by atoms with Crippen LogP contribution in [0.2, 0.25) is 0 Å². The lowest BCUT2D eigenvalue weighted by Crippen LogP contribution is -2.25. The van der Waals surface area contributed by atoms with Gasteiger partial charge in [0.2, 0.25) is 5.91 Å². The number of carbonyl (C=O) groups is 1. The predicted molar refractivity (Wildman–Crippen MR) is 89.9 cm³/mol. The normalized spacial score (nSPS) is 17.3.